The molecule has 0 bridgehead atoms. The van der Waals surface area contributed by atoms with Gasteiger partial charge >= 0.3 is 0 Å². The molecular formula is C17H27N3O3S2. The van der Waals surface area contributed by atoms with Gasteiger partial charge in [-0.15, -0.1) is 0 Å². The maximum atomic E-state index is 12.8. The van der Waals surface area contributed by atoms with Crippen molar-refractivity contribution in [3.8, 4) is 0 Å². The largest absolute Gasteiger partial charge is 0.341 e. The molecular weight excluding hydrogens is 358 g/mol. The number of benzene rings is 1. The molecule has 8 heteroatoms. The Labute approximate surface area is 154 Å². The third-order valence-corrected chi connectivity index (χ3v) is 6.60. The van der Waals surface area contributed by atoms with Gasteiger partial charge < -0.3 is 10.6 Å². The molecule has 2 unspecified atom stereocenters. The maximum Gasteiger partial charge on any atom is 0.241 e. The summed E-state index contributed by atoms with van der Waals surface area (Å²) in [6.07, 6.45) is 3.29. The Bertz CT molecular complexity index is 677. The van der Waals surface area contributed by atoms with Crippen molar-refractivity contribution in [2.45, 2.75) is 30.7 Å². The van der Waals surface area contributed by atoms with Crippen LogP contribution in [0.1, 0.15) is 18.4 Å². The number of nitrogens with zero attached hydrogens (tertiary/aromatic N) is 1. The first-order chi connectivity index (χ1) is 11.9. The molecule has 1 aliphatic heterocycles. The Balaban J connectivity index is 2.13. The molecule has 0 aliphatic carbocycles. The number of aryl methyl sites for hydroxylation is 1. The standard InChI is InChI=1S/C17H27N3O3S2/c1-13-3-5-15(6-4-13)25(22,23)19-16(8-10-24-2)17(21)20-9-7-14(11-18)12-20/h3-6,14,16,19H,7-12,18H2,1-2H3. The Hall–Kier alpha value is -1.09. The van der Waals surface area contributed by atoms with Crippen LogP contribution in [0.5, 0.6) is 0 Å². The number of carbonyl (C=O) groups is 1. The highest BCUT2D eigenvalue weighted by Crippen LogP contribution is 2.18. The third kappa shape index (κ3) is 5.44. The highest BCUT2D eigenvalue weighted by Gasteiger charge is 2.32. The molecule has 1 aliphatic rings. The van der Waals surface area contributed by atoms with E-state index in [1.54, 1.807) is 40.9 Å². The predicted octanol–water partition coefficient (Wildman–Crippen LogP) is 1.20. The molecule has 0 radical (unpaired) electrons. The third-order valence-electron chi connectivity index (χ3n) is 4.47. The van der Waals surface area contributed by atoms with Crippen molar-refractivity contribution in [1.29, 1.82) is 0 Å². The number of likely N-dealkylation sites (tertiary alicyclic amines) is 1. The summed E-state index contributed by atoms with van der Waals surface area (Å²) in [6.45, 7) is 3.70. The fraction of sp³-hybridized carbons (Fsp3) is 0.588. The van der Waals surface area contributed by atoms with Crippen molar-refractivity contribution in [1.82, 2.24) is 9.62 Å². The lowest BCUT2D eigenvalue weighted by Crippen LogP contribution is -2.48. The second-order valence-electron chi connectivity index (χ2n) is 6.44. The summed E-state index contributed by atoms with van der Waals surface area (Å²) in [5, 5.41) is 0. The Kier molecular flexibility index (Phi) is 7.30. The summed E-state index contributed by atoms with van der Waals surface area (Å²) in [5.74, 6) is 0.862. The first-order valence-electron chi connectivity index (χ1n) is 8.44. The van der Waals surface area contributed by atoms with Gasteiger partial charge in [-0.1, -0.05) is 17.7 Å². The van der Waals surface area contributed by atoms with Gasteiger partial charge in [0.1, 0.15) is 6.04 Å². The number of rotatable bonds is 8. The molecule has 140 valence electrons. The first-order valence-corrected chi connectivity index (χ1v) is 11.3. The first kappa shape index (κ1) is 20.2. The minimum Gasteiger partial charge on any atom is -0.341 e. The molecule has 1 saturated heterocycles. The van der Waals surface area contributed by atoms with E-state index in [1.807, 2.05) is 13.2 Å². The lowest BCUT2D eigenvalue weighted by Gasteiger charge is -2.24. The summed E-state index contributed by atoms with van der Waals surface area (Å²) < 4.78 is 27.9. The minimum atomic E-state index is -3.73. The van der Waals surface area contributed by atoms with Gasteiger partial charge in [0.25, 0.3) is 0 Å². The molecule has 0 spiro atoms. The van der Waals surface area contributed by atoms with Crippen LogP contribution in [0.3, 0.4) is 0 Å². The van der Waals surface area contributed by atoms with Crippen molar-refractivity contribution in [3.63, 3.8) is 0 Å². The number of carbonyl (C=O) groups excluding carboxylic acids is 1. The van der Waals surface area contributed by atoms with Crippen LogP contribution in [-0.2, 0) is 14.8 Å². The maximum absolute atomic E-state index is 12.8. The second-order valence-corrected chi connectivity index (χ2v) is 9.14. The quantitative estimate of drug-likeness (QED) is 0.701. The van der Waals surface area contributed by atoms with E-state index in [0.717, 1.165) is 12.0 Å². The number of amides is 1. The molecule has 0 aromatic heterocycles. The number of thioether (sulfide) groups is 1. The SMILES string of the molecule is CSCCC(NS(=O)(=O)c1ccc(C)cc1)C(=O)N1CCC(CN)C1. The topological polar surface area (TPSA) is 92.5 Å². The van der Waals surface area contributed by atoms with Crippen molar-refractivity contribution >= 4 is 27.7 Å². The van der Waals surface area contributed by atoms with E-state index < -0.39 is 16.1 Å². The lowest BCUT2D eigenvalue weighted by molar-refractivity contribution is -0.132. The van der Waals surface area contributed by atoms with E-state index in [2.05, 4.69) is 4.72 Å². The zero-order valence-electron chi connectivity index (χ0n) is 14.8. The average Bonchev–Trinajstić information content (AvgIpc) is 3.07. The molecule has 0 saturated carbocycles. The average molecular weight is 386 g/mol. The Morgan fingerprint density at radius 3 is 2.64 bits per heavy atom. The van der Waals surface area contributed by atoms with Crippen LogP contribution in [0.25, 0.3) is 0 Å². The molecule has 1 fully saturated rings. The summed E-state index contributed by atoms with van der Waals surface area (Å²) in [7, 11) is -3.73. The van der Waals surface area contributed by atoms with Crippen LogP contribution in [0.15, 0.2) is 29.2 Å². The molecule has 2 rings (SSSR count). The lowest BCUT2D eigenvalue weighted by atomic mass is 10.1. The number of hydrogen-bond donors (Lipinski definition) is 2. The van der Waals surface area contributed by atoms with E-state index in [4.69, 9.17) is 5.73 Å². The summed E-state index contributed by atoms with van der Waals surface area (Å²) in [5.41, 5.74) is 6.67. The van der Waals surface area contributed by atoms with Gasteiger partial charge in [-0.3, -0.25) is 4.79 Å². The van der Waals surface area contributed by atoms with Crippen LogP contribution in [-0.4, -0.2) is 56.9 Å². The molecule has 25 heavy (non-hydrogen) atoms. The van der Waals surface area contributed by atoms with Gasteiger partial charge in [0.05, 0.1) is 4.90 Å². The van der Waals surface area contributed by atoms with Crippen LogP contribution >= 0.6 is 11.8 Å². The monoisotopic (exact) mass is 385 g/mol. The Morgan fingerprint density at radius 2 is 2.08 bits per heavy atom. The van der Waals surface area contributed by atoms with E-state index in [-0.39, 0.29) is 10.8 Å². The predicted molar refractivity (Wildman–Crippen MR) is 102 cm³/mol. The van der Waals surface area contributed by atoms with Gasteiger partial charge in [0.15, 0.2) is 0 Å². The van der Waals surface area contributed by atoms with Gasteiger partial charge in [-0.05, 0) is 56.4 Å². The van der Waals surface area contributed by atoms with Gasteiger partial charge in [0, 0.05) is 13.1 Å². The highest BCUT2D eigenvalue weighted by molar-refractivity contribution is 7.98. The van der Waals surface area contributed by atoms with Crippen LogP contribution in [0.4, 0.5) is 0 Å². The van der Waals surface area contributed by atoms with Crippen molar-refractivity contribution in [2.24, 2.45) is 11.7 Å². The van der Waals surface area contributed by atoms with E-state index in [0.29, 0.717) is 37.7 Å². The number of nitrogens with two attached hydrogens (primary N) is 1. The van der Waals surface area contributed by atoms with Crippen LogP contribution in [0, 0.1) is 12.8 Å². The van der Waals surface area contributed by atoms with Crippen LogP contribution in [0.2, 0.25) is 0 Å². The highest BCUT2D eigenvalue weighted by atomic mass is 32.2. The van der Waals surface area contributed by atoms with Crippen molar-refractivity contribution < 1.29 is 13.2 Å². The van der Waals surface area contributed by atoms with Gasteiger partial charge in [-0.2, -0.15) is 16.5 Å². The minimum absolute atomic E-state index is 0.152. The number of nitrogens with one attached hydrogen (secondary N) is 1. The fourth-order valence-corrected chi connectivity index (χ4v) is 4.58. The molecule has 1 heterocycles. The van der Waals surface area contributed by atoms with E-state index in [9.17, 15) is 13.2 Å². The summed E-state index contributed by atoms with van der Waals surface area (Å²) >= 11 is 1.59. The summed E-state index contributed by atoms with van der Waals surface area (Å²) in [6, 6.07) is 5.89. The zero-order valence-corrected chi connectivity index (χ0v) is 16.4. The molecule has 1 aromatic rings. The molecule has 1 aromatic carbocycles. The van der Waals surface area contributed by atoms with Crippen molar-refractivity contribution in [3.05, 3.63) is 29.8 Å². The molecule has 1 amide bonds. The molecule has 6 nitrogen and oxygen atoms in total. The molecule has 2 atom stereocenters. The number of sulfonamides is 1. The van der Waals surface area contributed by atoms with Crippen LogP contribution < -0.4 is 10.5 Å². The Morgan fingerprint density at radius 1 is 1.40 bits per heavy atom. The zero-order chi connectivity index (χ0) is 18.4. The fourth-order valence-electron chi connectivity index (χ4n) is 2.89. The molecule has 3 N–H and O–H groups in total. The van der Waals surface area contributed by atoms with Gasteiger partial charge in [-0.25, -0.2) is 8.42 Å². The van der Waals surface area contributed by atoms with Crippen molar-refractivity contribution in [2.75, 3.05) is 31.6 Å². The summed E-state index contributed by atoms with van der Waals surface area (Å²) in [4.78, 5) is 14.7. The normalized spacial score (nSPS) is 19.2. The smallest absolute Gasteiger partial charge is 0.241 e. The second kappa shape index (κ2) is 9.02. The van der Waals surface area contributed by atoms with E-state index in [1.165, 1.54) is 0 Å². The van der Waals surface area contributed by atoms with Gasteiger partial charge in [0.2, 0.25) is 15.9 Å². The van der Waals surface area contributed by atoms with E-state index >= 15 is 0 Å². The number of hydrogen-bond acceptors (Lipinski definition) is 5.